The average molecular weight is 394 g/mol. The number of alkyl halides is 3. The molecule has 28 heavy (non-hydrogen) atoms. The Kier molecular flexibility index (Phi) is 6.46. The molecule has 0 saturated carbocycles. The van der Waals surface area contributed by atoms with Crippen LogP contribution in [0.3, 0.4) is 0 Å². The molecule has 7 heteroatoms. The van der Waals surface area contributed by atoms with Crippen molar-refractivity contribution in [2.75, 3.05) is 44.7 Å². The number of hydrogen-bond donors (Lipinski definition) is 1. The van der Waals surface area contributed by atoms with Gasteiger partial charge in [-0.05, 0) is 48.4 Å². The topological polar surface area (TPSA) is 35.9 Å². The molecule has 1 heterocycles. The molecule has 1 aliphatic rings. The number of hydrogen-bond acceptors (Lipinski definition) is 4. The van der Waals surface area contributed by atoms with E-state index in [9.17, 15) is 18.3 Å². The van der Waals surface area contributed by atoms with Gasteiger partial charge in [0.25, 0.3) is 0 Å². The lowest BCUT2D eigenvalue weighted by molar-refractivity contribution is -0.137. The summed E-state index contributed by atoms with van der Waals surface area (Å²) in [4.78, 5) is 4.45. The van der Waals surface area contributed by atoms with Crippen LogP contribution in [0.4, 0.5) is 18.9 Å². The second kappa shape index (κ2) is 8.84. The Labute approximate surface area is 163 Å². The molecule has 152 valence electrons. The quantitative estimate of drug-likeness (QED) is 0.833. The Hall–Kier alpha value is -2.25. The van der Waals surface area contributed by atoms with Crippen molar-refractivity contribution < 1.29 is 23.0 Å². The molecule has 3 rings (SSSR count). The van der Waals surface area contributed by atoms with Crippen LogP contribution < -0.4 is 9.64 Å². The molecule has 0 unspecified atom stereocenters. The normalized spacial score (nSPS) is 17.2. The summed E-state index contributed by atoms with van der Waals surface area (Å²) in [7, 11) is 1.64. The zero-order chi connectivity index (χ0) is 20.1. The highest BCUT2D eigenvalue weighted by molar-refractivity contribution is 5.49. The Balaban J connectivity index is 1.56. The second-order valence-corrected chi connectivity index (χ2v) is 6.97. The maximum Gasteiger partial charge on any atom is 0.416 e. The molecule has 0 aliphatic carbocycles. The smallest absolute Gasteiger partial charge is 0.416 e. The third-order valence-corrected chi connectivity index (χ3v) is 5.08. The van der Waals surface area contributed by atoms with Gasteiger partial charge in [-0.2, -0.15) is 13.2 Å². The van der Waals surface area contributed by atoms with Gasteiger partial charge in [-0.3, -0.25) is 4.90 Å². The maximum atomic E-state index is 12.7. The van der Waals surface area contributed by atoms with E-state index in [1.54, 1.807) is 7.11 Å². The van der Waals surface area contributed by atoms with Crippen LogP contribution in [0, 0.1) is 0 Å². The predicted octanol–water partition coefficient (Wildman–Crippen LogP) is 3.96. The number of methoxy groups -OCH3 is 1. The number of nitrogens with zero attached hydrogens (tertiary/aromatic N) is 2. The summed E-state index contributed by atoms with van der Waals surface area (Å²) in [6.45, 7) is 3.77. The summed E-state index contributed by atoms with van der Waals surface area (Å²) >= 11 is 0. The molecule has 2 aromatic rings. The second-order valence-electron chi connectivity index (χ2n) is 6.97. The summed E-state index contributed by atoms with van der Waals surface area (Å²) in [5, 5.41) is 10.4. The predicted molar refractivity (Wildman–Crippen MR) is 103 cm³/mol. The Bertz CT molecular complexity index is 748. The lowest BCUT2D eigenvalue weighted by atomic mass is 10.1. The molecule has 0 spiro atoms. The molecule has 0 bridgehead atoms. The van der Waals surface area contributed by atoms with Gasteiger partial charge in [-0.25, -0.2) is 0 Å². The molecule has 1 atom stereocenters. The van der Waals surface area contributed by atoms with E-state index in [1.807, 2.05) is 24.3 Å². The highest BCUT2D eigenvalue weighted by atomic mass is 19.4. The lowest BCUT2D eigenvalue weighted by Gasteiger charge is -2.25. The number of halogens is 3. The minimum Gasteiger partial charge on any atom is -0.497 e. The van der Waals surface area contributed by atoms with E-state index >= 15 is 0 Å². The van der Waals surface area contributed by atoms with Gasteiger partial charge in [0, 0.05) is 38.4 Å². The summed E-state index contributed by atoms with van der Waals surface area (Å²) in [6.07, 6.45) is -4.22. The Morgan fingerprint density at radius 1 is 0.964 bits per heavy atom. The highest BCUT2D eigenvalue weighted by Gasteiger charge is 2.30. The van der Waals surface area contributed by atoms with Gasteiger partial charge in [0.05, 0.1) is 18.8 Å². The van der Waals surface area contributed by atoms with Crippen molar-refractivity contribution in [3.8, 4) is 5.75 Å². The van der Waals surface area contributed by atoms with Gasteiger partial charge in [-0.15, -0.1) is 0 Å². The van der Waals surface area contributed by atoms with Crippen molar-refractivity contribution in [2.24, 2.45) is 0 Å². The Morgan fingerprint density at radius 3 is 2.25 bits per heavy atom. The van der Waals surface area contributed by atoms with Gasteiger partial charge >= 0.3 is 6.18 Å². The molecule has 1 saturated heterocycles. The van der Waals surface area contributed by atoms with E-state index in [4.69, 9.17) is 4.74 Å². The molecule has 1 aliphatic heterocycles. The van der Waals surface area contributed by atoms with E-state index in [-0.39, 0.29) is 0 Å². The van der Waals surface area contributed by atoms with Crippen molar-refractivity contribution >= 4 is 5.69 Å². The maximum absolute atomic E-state index is 12.7. The fourth-order valence-electron chi connectivity index (χ4n) is 3.45. The number of anilines is 1. The molecular weight excluding hydrogens is 369 g/mol. The standard InChI is InChI=1S/C21H25F3N2O2/c1-28-19-9-7-18(8-10-19)26-12-2-11-25(13-14-26)15-20(27)16-3-5-17(6-4-16)21(22,23)24/h3-10,20,27H,2,11-15H2,1H3/t20-/m1/s1. The molecule has 0 amide bonds. The fraction of sp³-hybridized carbons (Fsp3) is 0.429. The van der Waals surface area contributed by atoms with Gasteiger partial charge in [-0.1, -0.05) is 12.1 Å². The van der Waals surface area contributed by atoms with Crippen molar-refractivity contribution in [3.63, 3.8) is 0 Å². The number of β-amino-alcohol motifs (C(OH)–C–C–N with tert-alkyl or cyclic N) is 1. The molecule has 0 aromatic heterocycles. The number of ether oxygens (including phenoxy) is 1. The summed E-state index contributed by atoms with van der Waals surface area (Å²) in [6, 6.07) is 12.7. The summed E-state index contributed by atoms with van der Waals surface area (Å²) < 4.78 is 43.2. The summed E-state index contributed by atoms with van der Waals surface area (Å²) in [5.41, 5.74) is 0.934. The van der Waals surface area contributed by atoms with Crippen molar-refractivity contribution in [1.82, 2.24) is 4.90 Å². The largest absolute Gasteiger partial charge is 0.497 e. The minimum atomic E-state index is -4.36. The van der Waals surface area contributed by atoms with E-state index in [0.29, 0.717) is 12.1 Å². The van der Waals surface area contributed by atoms with E-state index in [1.165, 1.54) is 12.1 Å². The Morgan fingerprint density at radius 2 is 1.64 bits per heavy atom. The highest BCUT2D eigenvalue weighted by Crippen LogP contribution is 2.30. The van der Waals surface area contributed by atoms with Crippen LogP contribution in [-0.2, 0) is 6.18 Å². The number of aliphatic hydroxyl groups excluding tert-OH is 1. The molecular formula is C21H25F3N2O2. The molecule has 4 nitrogen and oxygen atoms in total. The summed E-state index contributed by atoms with van der Waals surface area (Å²) in [5.74, 6) is 0.819. The van der Waals surface area contributed by atoms with Crippen LogP contribution in [0.2, 0.25) is 0 Å². The van der Waals surface area contributed by atoms with Gasteiger partial charge in [0.15, 0.2) is 0 Å². The monoisotopic (exact) mass is 394 g/mol. The van der Waals surface area contributed by atoms with Gasteiger partial charge < -0.3 is 14.7 Å². The van der Waals surface area contributed by atoms with Crippen LogP contribution in [0.5, 0.6) is 5.75 Å². The first-order valence-corrected chi connectivity index (χ1v) is 9.33. The van der Waals surface area contributed by atoms with Crippen LogP contribution in [0.25, 0.3) is 0 Å². The number of aliphatic hydroxyl groups is 1. The number of benzene rings is 2. The molecule has 1 fully saturated rings. The van der Waals surface area contributed by atoms with E-state index in [0.717, 1.165) is 56.2 Å². The van der Waals surface area contributed by atoms with Crippen LogP contribution >= 0.6 is 0 Å². The van der Waals surface area contributed by atoms with Crippen molar-refractivity contribution in [1.29, 1.82) is 0 Å². The SMILES string of the molecule is COc1ccc(N2CCCN(C[C@@H](O)c3ccc(C(F)(F)F)cc3)CC2)cc1. The lowest BCUT2D eigenvalue weighted by Crippen LogP contribution is -2.33. The van der Waals surface area contributed by atoms with Crippen LogP contribution in [-0.4, -0.2) is 49.8 Å². The zero-order valence-corrected chi connectivity index (χ0v) is 15.8. The third kappa shape index (κ3) is 5.17. The van der Waals surface area contributed by atoms with Crippen LogP contribution in [0.15, 0.2) is 48.5 Å². The van der Waals surface area contributed by atoms with Crippen molar-refractivity contribution in [3.05, 3.63) is 59.7 Å². The van der Waals surface area contributed by atoms with Crippen molar-refractivity contribution in [2.45, 2.75) is 18.7 Å². The first kappa shape index (κ1) is 20.5. The average Bonchev–Trinajstić information content (AvgIpc) is 2.93. The third-order valence-electron chi connectivity index (χ3n) is 5.08. The van der Waals surface area contributed by atoms with E-state index in [2.05, 4.69) is 9.80 Å². The molecule has 2 aromatic carbocycles. The van der Waals surface area contributed by atoms with Crippen LogP contribution in [0.1, 0.15) is 23.7 Å². The van der Waals surface area contributed by atoms with Gasteiger partial charge in [0.2, 0.25) is 0 Å². The fourth-order valence-corrected chi connectivity index (χ4v) is 3.45. The van der Waals surface area contributed by atoms with E-state index < -0.39 is 17.8 Å². The minimum absolute atomic E-state index is 0.405. The molecule has 0 radical (unpaired) electrons. The molecule has 1 N–H and O–H groups in total. The first-order chi connectivity index (χ1) is 13.4. The number of rotatable bonds is 5. The first-order valence-electron chi connectivity index (χ1n) is 9.33. The van der Waals surface area contributed by atoms with Gasteiger partial charge in [0.1, 0.15) is 5.75 Å². The zero-order valence-electron chi connectivity index (χ0n) is 15.8.